The number of ether oxygens (including phenoxy) is 4. The second-order valence-electron chi connectivity index (χ2n) is 5.80. The molecule has 29 heavy (non-hydrogen) atoms. The van der Waals surface area contributed by atoms with Crippen LogP contribution in [0.3, 0.4) is 0 Å². The number of thiazole rings is 1. The number of benzene rings is 2. The average molecular weight is 420 g/mol. The van der Waals surface area contributed by atoms with Crippen molar-refractivity contribution in [2.75, 3.05) is 19.2 Å². The maximum atomic E-state index is 12.5. The number of alkyl halides is 2. The van der Waals surface area contributed by atoms with Gasteiger partial charge in [-0.15, -0.1) is 11.3 Å². The summed E-state index contributed by atoms with van der Waals surface area (Å²) in [6.07, 6.45) is 0. The topological polar surface area (TPSA) is 78.9 Å². The molecule has 2 aromatic carbocycles. The number of methoxy groups -OCH3 is 1. The van der Waals surface area contributed by atoms with Gasteiger partial charge < -0.3 is 18.9 Å². The van der Waals surface area contributed by atoms with Crippen molar-refractivity contribution in [2.24, 2.45) is 0 Å². The number of anilines is 1. The van der Waals surface area contributed by atoms with Gasteiger partial charge in [-0.2, -0.15) is 8.78 Å². The average Bonchev–Trinajstić information content (AvgIpc) is 3.36. The highest BCUT2D eigenvalue weighted by atomic mass is 32.1. The molecule has 1 aliphatic rings. The molecule has 0 atom stereocenters. The predicted octanol–water partition coefficient (Wildman–Crippen LogP) is 4.40. The van der Waals surface area contributed by atoms with E-state index in [9.17, 15) is 13.6 Å². The molecule has 0 aliphatic carbocycles. The van der Waals surface area contributed by atoms with Crippen LogP contribution in [0.25, 0.3) is 11.3 Å². The van der Waals surface area contributed by atoms with Gasteiger partial charge >= 0.3 is 6.61 Å². The van der Waals surface area contributed by atoms with E-state index in [1.165, 1.54) is 36.6 Å². The molecule has 3 aromatic rings. The molecule has 0 saturated heterocycles. The largest absolute Gasteiger partial charge is 0.493 e. The third-order valence-corrected chi connectivity index (χ3v) is 4.79. The van der Waals surface area contributed by atoms with Gasteiger partial charge in [-0.05, 0) is 36.4 Å². The van der Waals surface area contributed by atoms with E-state index in [1.54, 1.807) is 11.4 Å². The number of carbonyl (C=O) groups is 1. The quantitative estimate of drug-likeness (QED) is 0.637. The first-order chi connectivity index (χ1) is 14.0. The third-order valence-electron chi connectivity index (χ3n) is 4.03. The highest BCUT2D eigenvalue weighted by molar-refractivity contribution is 7.14. The molecule has 1 aliphatic heterocycles. The lowest BCUT2D eigenvalue weighted by Gasteiger charge is -2.11. The minimum absolute atomic E-state index is 0.0261. The van der Waals surface area contributed by atoms with Gasteiger partial charge in [-0.1, -0.05) is 0 Å². The molecule has 1 amide bonds. The Morgan fingerprint density at radius 1 is 1.17 bits per heavy atom. The zero-order chi connectivity index (χ0) is 20.4. The minimum Gasteiger partial charge on any atom is -0.493 e. The van der Waals surface area contributed by atoms with Crippen molar-refractivity contribution in [2.45, 2.75) is 6.61 Å². The molecule has 0 fully saturated rings. The van der Waals surface area contributed by atoms with Crippen LogP contribution in [0.4, 0.5) is 13.9 Å². The van der Waals surface area contributed by atoms with Gasteiger partial charge in [-0.25, -0.2) is 4.98 Å². The minimum atomic E-state index is -2.99. The van der Waals surface area contributed by atoms with Crippen molar-refractivity contribution >= 4 is 22.4 Å². The summed E-state index contributed by atoms with van der Waals surface area (Å²) in [5.41, 5.74) is 1.70. The predicted molar refractivity (Wildman–Crippen MR) is 101 cm³/mol. The molecule has 0 saturated carbocycles. The Hall–Kier alpha value is -3.40. The second-order valence-corrected chi connectivity index (χ2v) is 6.66. The van der Waals surface area contributed by atoms with E-state index in [0.29, 0.717) is 22.3 Å². The second kappa shape index (κ2) is 7.92. The highest BCUT2D eigenvalue weighted by Gasteiger charge is 2.17. The number of halogens is 2. The van der Waals surface area contributed by atoms with E-state index in [2.05, 4.69) is 15.0 Å². The molecule has 7 nitrogen and oxygen atoms in total. The lowest BCUT2D eigenvalue weighted by Crippen LogP contribution is -2.12. The summed E-state index contributed by atoms with van der Waals surface area (Å²) >= 11 is 1.25. The summed E-state index contributed by atoms with van der Waals surface area (Å²) in [6.45, 7) is -2.81. The SMILES string of the molecule is COc1cc(C(=O)Nc2nc(-c3ccc4c(c3)OCO4)cs2)ccc1OC(F)F. The molecule has 4 rings (SSSR count). The Bertz CT molecular complexity index is 1060. The van der Waals surface area contributed by atoms with Gasteiger partial charge in [0.2, 0.25) is 6.79 Å². The first-order valence-corrected chi connectivity index (χ1v) is 9.21. The summed E-state index contributed by atoms with van der Waals surface area (Å²) in [5, 5.41) is 4.86. The highest BCUT2D eigenvalue weighted by Crippen LogP contribution is 2.36. The van der Waals surface area contributed by atoms with E-state index in [1.807, 2.05) is 12.1 Å². The number of carbonyl (C=O) groups excluding carboxylic acids is 1. The fourth-order valence-electron chi connectivity index (χ4n) is 2.69. The van der Waals surface area contributed by atoms with E-state index < -0.39 is 12.5 Å². The van der Waals surface area contributed by atoms with E-state index in [-0.39, 0.29) is 23.9 Å². The monoisotopic (exact) mass is 420 g/mol. The van der Waals surface area contributed by atoms with Crippen molar-refractivity contribution in [3.8, 4) is 34.3 Å². The molecule has 10 heteroatoms. The first-order valence-electron chi connectivity index (χ1n) is 8.33. The van der Waals surface area contributed by atoms with Crippen LogP contribution in [0.2, 0.25) is 0 Å². The number of rotatable bonds is 6. The van der Waals surface area contributed by atoms with E-state index in [0.717, 1.165) is 5.56 Å². The molecule has 1 N–H and O–H groups in total. The van der Waals surface area contributed by atoms with Crippen LogP contribution in [0.5, 0.6) is 23.0 Å². The van der Waals surface area contributed by atoms with Gasteiger partial charge in [0.15, 0.2) is 28.1 Å². The summed E-state index contributed by atoms with van der Waals surface area (Å²) in [7, 11) is 1.30. The molecule has 150 valence electrons. The van der Waals surface area contributed by atoms with Gasteiger partial charge in [-0.3, -0.25) is 10.1 Å². The summed E-state index contributed by atoms with van der Waals surface area (Å²) < 4.78 is 44.9. The molecule has 0 radical (unpaired) electrons. The third kappa shape index (κ3) is 4.06. The van der Waals surface area contributed by atoms with Crippen molar-refractivity contribution in [3.05, 3.63) is 47.3 Å². The Labute approximate surface area is 167 Å². The van der Waals surface area contributed by atoms with Crippen molar-refractivity contribution in [3.63, 3.8) is 0 Å². The van der Waals surface area contributed by atoms with Crippen LogP contribution in [-0.2, 0) is 0 Å². The van der Waals surface area contributed by atoms with Crippen LogP contribution in [0.1, 0.15) is 10.4 Å². The lowest BCUT2D eigenvalue weighted by molar-refractivity contribution is -0.0512. The zero-order valence-electron chi connectivity index (χ0n) is 15.0. The van der Waals surface area contributed by atoms with Crippen molar-refractivity contribution in [1.82, 2.24) is 4.98 Å². The van der Waals surface area contributed by atoms with Crippen LogP contribution in [0, 0.1) is 0 Å². The summed E-state index contributed by atoms with van der Waals surface area (Å²) in [4.78, 5) is 16.9. The van der Waals surface area contributed by atoms with Crippen LogP contribution in [0.15, 0.2) is 41.8 Å². The van der Waals surface area contributed by atoms with Gasteiger partial charge in [0.1, 0.15) is 0 Å². The van der Waals surface area contributed by atoms with Crippen LogP contribution >= 0.6 is 11.3 Å². The Balaban J connectivity index is 1.49. The summed E-state index contributed by atoms with van der Waals surface area (Å²) in [6, 6.07) is 9.39. The number of nitrogens with zero attached hydrogens (tertiary/aromatic N) is 1. The van der Waals surface area contributed by atoms with Gasteiger partial charge in [0, 0.05) is 16.5 Å². The lowest BCUT2D eigenvalue weighted by atomic mass is 10.1. The Morgan fingerprint density at radius 3 is 2.79 bits per heavy atom. The van der Waals surface area contributed by atoms with Crippen molar-refractivity contribution < 1.29 is 32.5 Å². The Morgan fingerprint density at radius 2 is 2.00 bits per heavy atom. The number of aromatic nitrogens is 1. The van der Waals surface area contributed by atoms with E-state index in [4.69, 9.17) is 14.2 Å². The molecular weight excluding hydrogens is 406 g/mol. The number of hydrogen-bond acceptors (Lipinski definition) is 7. The summed E-state index contributed by atoms with van der Waals surface area (Å²) in [5.74, 6) is 0.722. The smallest absolute Gasteiger partial charge is 0.387 e. The number of amides is 1. The van der Waals surface area contributed by atoms with E-state index >= 15 is 0 Å². The fraction of sp³-hybridized carbons (Fsp3) is 0.158. The first kappa shape index (κ1) is 18.9. The fourth-order valence-corrected chi connectivity index (χ4v) is 3.41. The molecular formula is C19H14F2N2O5S. The maximum Gasteiger partial charge on any atom is 0.387 e. The molecule has 0 bridgehead atoms. The number of hydrogen-bond donors (Lipinski definition) is 1. The van der Waals surface area contributed by atoms with Crippen LogP contribution < -0.4 is 24.3 Å². The van der Waals surface area contributed by atoms with Crippen molar-refractivity contribution in [1.29, 1.82) is 0 Å². The van der Waals surface area contributed by atoms with Gasteiger partial charge in [0.25, 0.3) is 5.91 Å². The Kier molecular flexibility index (Phi) is 5.17. The zero-order valence-corrected chi connectivity index (χ0v) is 15.8. The number of fused-ring (bicyclic) bond motifs is 1. The molecule has 1 aromatic heterocycles. The standard InChI is InChI=1S/C19H14F2N2O5S/c1-25-15-7-11(3-5-14(15)28-18(20)21)17(24)23-19-22-12(8-29-19)10-2-4-13-16(6-10)27-9-26-13/h2-8,18H,9H2,1H3,(H,22,23,24). The van der Waals surface area contributed by atoms with Gasteiger partial charge in [0.05, 0.1) is 12.8 Å². The molecule has 0 unspecified atom stereocenters. The van der Waals surface area contributed by atoms with Crippen LogP contribution in [-0.4, -0.2) is 31.4 Å². The maximum absolute atomic E-state index is 12.5. The molecule has 0 spiro atoms. The number of nitrogens with one attached hydrogen (secondary N) is 1. The molecule has 2 heterocycles. The normalized spacial score (nSPS) is 12.1.